The van der Waals surface area contributed by atoms with Gasteiger partial charge in [0.1, 0.15) is 5.75 Å². The van der Waals surface area contributed by atoms with E-state index in [1.54, 1.807) is 25.2 Å². The quantitative estimate of drug-likeness (QED) is 0.681. The Hall–Kier alpha value is -1.95. The van der Waals surface area contributed by atoms with Crippen molar-refractivity contribution < 1.29 is 9.53 Å². The standard InChI is InChI=1S/C20H21Cl2N3O2/c1-23-24-14-9-17(21)19(18(22)10-14)27-15-4-5-16-13(8-15)6-7-25(20(16)26)11-12-2-3-12/h4-5,8-10,12,23-24H,2-3,6-7,11H2,1H3. The van der Waals surface area contributed by atoms with Gasteiger partial charge in [0.15, 0.2) is 5.75 Å². The number of hydrogen-bond donors (Lipinski definition) is 2. The molecule has 7 heteroatoms. The first-order valence-corrected chi connectivity index (χ1v) is 9.82. The molecule has 0 bridgehead atoms. The molecular weight excluding hydrogens is 385 g/mol. The number of rotatable bonds is 6. The Balaban J connectivity index is 1.54. The van der Waals surface area contributed by atoms with Crippen molar-refractivity contribution in [1.82, 2.24) is 10.3 Å². The van der Waals surface area contributed by atoms with Gasteiger partial charge in [-0.25, -0.2) is 5.43 Å². The number of fused-ring (bicyclic) bond motifs is 1. The van der Waals surface area contributed by atoms with Crippen molar-refractivity contribution in [3.8, 4) is 11.5 Å². The molecule has 1 aliphatic carbocycles. The van der Waals surface area contributed by atoms with Gasteiger partial charge in [-0.3, -0.25) is 4.79 Å². The first-order chi connectivity index (χ1) is 13.0. The Morgan fingerprint density at radius 2 is 1.93 bits per heavy atom. The number of ether oxygens (including phenoxy) is 1. The van der Waals surface area contributed by atoms with E-state index in [-0.39, 0.29) is 5.91 Å². The van der Waals surface area contributed by atoms with E-state index in [4.69, 9.17) is 27.9 Å². The molecule has 0 saturated heterocycles. The molecule has 27 heavy (non-hydrogen) atoms. The smallest absolute Gasteiger partial charge is 0.254 e. The normalized spacial score (nSPS) is 16.3. The monoisotopic (exact) mass is 405 g/mol. The van der Waals surface area contributed by atoms with Gasteiger partial charge in [-0.05, 0) is 61.1 Å². The second-order valence-electron chi connectivity index (χ2n) is 7.01. The molecule has 0 aromatic heterocycles. The van der Waals surface area contributed by atoms with Crippen LogP contribution in [-0.4, -0.2) is 30.9 Å². The maximum atomic E-state index is 12.7. The number of amides is 1. The molecular formula is C20H21Cl2N3O2. The van der Waals surface area contributed by atoms with E-state index in [1.807, 2.05) is 17.0 Å². The molecule has 1 heterocycles. The minimum absolute atomic E-state index is 0.119. The molecule has 2 aliphatic rings. The van der Waals surface area contributed by atoms with Crippen LogP contribution in [0.2, 0.25) is 10.0 Å². The number of nitrogens with zero attached hydrogens (tertiary/aromatic N) is 1. The maximum absolute atomic E-state index is 12.7. The SMILES string of the molecule is CNNc1cc(Cl)c(Oc2ccc3c(c2)CCN(CC2CC2)C3=O)c(Cl)c1. The molecule has 2 aromatic rings. The van der Waals surface area contributed by atoms with Crippen LogP contribution in [0, 0.1) is 5.92 Å². The molecule has 0 spiro atoms. The number of halogens is 2. The molecule has 2 aromatic carbocycles. The summed E-state index contributed by atoms with van der Waals surface area (Å²) in [6.45, 7) is 1.65. The molecule has 2 N–H and O–H groups in total. The summed E-state index contributed by atoms with van der Waals surface area (Å²) in [5, 5.41) is 0.814. The Morgan fingerprint density at radius 3 is 2.59 bits per heavy atom. The molecule has 0 unspecified atom stereocenters. The number of carbonyl (C=O) groups is 1. The summed E-state index contributed by atoms with van der Waals surface area (Å²) in [7, 11) is 1.76. The van der Waals surface area contributed by atoms with Gasteiger partial charge in [-0.2, -0.15) is 0 Å². The molecule has 0 radical (unpaired) electrons. The molecule has 142 valence electrons. The number of anilines is 1. The van der Waals surface area contributed by atoms with E-state index < -0.39 is 0 Å². The lowest BCUT2D eigenvalue weighted by Crippen LogP contribution is -2.38. The molecule has 1 aliphatic heterocycles. The van der Waals surface area contributed by atoms with Crippen LogP contribution in [0.4, 0.5) is 5.69 Å². The topological polar surface area (TPSA) is 53.6 Å². The maximum Gasteiger partial charge on any atom is 0.254 e. The third-order valence-corrected chi connectivity index (χ3v) is 5.47. The first-order valence-electron chi connectivity index (χ1n) is 9.07. The van der Waals surface area contributed by atoms with Crippen molar-refractivity contribution in [2.45, 2.75) is 19.3 Å². The van der Waals surface area contributed by atoms with Crippen LogP contribution in [0.15, 0.2) is 30.3 Å². The zero-order valence-corrected chi connectivity index (χ0v) is 16.5. The predicted octanol–water partition coefficient (Wildman–Crippen LogP) is 4.74. The van der Waals surface area contributed by atoms with Crippen molar-refractivity contribution in [3.63, 3.8) is 0 Å². The highest BCUT2D eigenvalue weighted by atomic mass is 35.5. The lowest BCUT2D eigenvalue weighted by Gasteiger charge is -2.29. The second-order valence-corrected chi connectivity index (χ2v) is 7.82. The fraction of sp³-hybridized carbons (Fsp3) is 0.350. The van der Waals surface area contributed by atoms with Crippen LogP contribution in [0.25, 0.3) is 0 Å². The number of hydrazine groups is 1. The van der Waals surface area contributed by atoms with E-state index in [9.17, 15) is 4.79 Å². The molecule has 1 saturated carbocycles. The summed E-state index contributed by atoms with van der Waals surface area (Å²) in [5.74, 6) is 1.84. The van der Waals surface area contributed by atoms with Gasteiger partial charge in [0.2, 0.25) is 0 Å². The third kappa shape index (κ3) is 4.00. The minimum atomic E-state index is 0.119. The van der Waals surface area contributed by atoms with Crippen LogP contribution < -0.4 is 15.6 Å². The van der Waals surface area contributed by atoms with E-state index in [0.29, 0.717) is 27.5 Å². The predicted molar refractivity (Wildman–Crippen MR) is 108 cm³/mol. The Morgan fingerprint density at radius 1 is 1.19 bits per heavy atom. The van der Waals surface area contributed by atoms with Gasteiger partial charge in [0, 0.05) is 25.7 Å². The van der Waals surface area contributed by atoms with Crippen LogP contribution in [0.3, 0.4) is 0 Å². The number of hydrogen-bond acceptors (Lipinski definition) is 4. The van der Waals surface area contributed by atoms with Gasteiger partial charge < -0.3 is 15.1 Å². The average Bonchev–Trinajstić information content (AvgIpc) is 3.45. The highest BCUT2D eigenvalue weighted by molar-refractivity contribution is 6.37. The third-order valence-electron chi connectivity index (χ3n) is 4.91. The van der Waals surface area contributed by atoms with Gasteiger partial charge in [-0.1, -0.05) is 23.2 Å². The largest absolute Gasteiger partial charge is 0.454 e. The van der Waals surface area contributed by atoms with Crippen molar-refractivity contribution in [2.75, 3.05) is 25.6 Å². The molecule has 1 amide bonds. The zero-order chi connectivity index (χ0) is 19.0. The van der Waals surface area contributed by atoms with Crippen LogP contribution in [-0.2, 0) is 6.42 Å². The fourth-order valence-electron chi connectivity index (χ4n) is 3.35. The summed E-state index contributed by atoms with van der Waals surface area (Å²) in [6.07, 6.45) is 3.32. The zero-order valence-electron chi connectivity index (χ0n) is 15.0. The number of carbonyl (C=O) groups excluding carboxylic acids is 1. The summed E-state index contributed by atoms with van der Waals surface area (Å²) in [4.78, 5) is 14.7. The highest BCUT2D eigenvalue weighted by Gasteiger charge is 2.30. The molecule has 4 rings (SSSR count). The minimum Gasteiger partial charge on any atom is -0.454 e. The van der Waals surface area contributed by atoms with Gasteiger partial charge >= 0.3 is 0 Å². The van der Waals surface area contributed by atoms with Crippen molar-refractivity contribution >= 4 is 34.8 Å². The average molecular weight is 406 g/mol. The van der Waals surface area contributed by atoms with E-state index >= 15 is 0 Å². The Bertz CT molecular complexity index is 861. The molecule has 0 atom stereocenters. The molecule has 1 fully saturated rings. The lowest BCUT2D eigenvalue weighted by molar-refractivity contribution is 0.0731. The Kier molecular flexibility index (Phi) is 5.17. The second kappa shape index (κ2) is 7.58. The van der Waals surface area contributed by atoms with Crippen LogP contribution >= 0.6 is 23.2 Å². The highest BCUT2D eigenvalue weighted by Crippen LogP contribution is 2.39. The van der Waals surface area contributed by atoms with E-state index in [1.165, 1.54) is 12.8 Å². The number of nitrogens with one attached hydrogen (secondary N) is 2. The van der Waals surface area contributed by atoms with E-state index in [0.717, 1.165) is 36.3 Å². The van der Waals surface area contributed by atoms with Crippen molar-refractivity contribution in [1.29, 1.82) is 0 Å². The summed E-state index contributed by atoms with van der Waals surface area (Å²) >= 11 is 12.6. The van der Waals surface area contributed by atoms with Gasteiger partial charge in [0.05, 0.1) is 15.7 Å². The van der Waals surface area contributed by atoms with Crippen LogP contribution in [0.1, 0.15) is 28.8 Å². The summed E-state index contributed by atoms with van der Waals surface area (Å²) in [5.41, 5.74) is 8.26. The first kappa shape index (κ1) is 18.4. The van der Waals surface area contributed by atoms with Gasteiger partial charge in [-0.15, -0.1) is 0 Å². The Labute approximate surface area is 168 Å². The lowest BCUT2D eigenvalue weighted by atomic mass is 9.98. The summed E-state index contributed by atoms with van der Waals surface area (Å²) in [6, 6.07) is 9.01. The number of benzene rings is 2. The van der Waals surface area contributed by atoms with Crippen molar-refractivity contribution in [3.05, 3.63) is 51.5 Å². The van der Waals surface area contributed by atoms with Gasteiger partial charge in [0.25, 0.3) is 5.91 Å². The fourth-order valence-corrected chi connectivity index (χ4v) is 3.92. The summed E-state index contributed by atoms with van der Waals surface area (Å²) < 4.78 is 5.94. The van der Waals surface area contributed by atoms with Crippen molar-refractivity contribution in [2.24, 2.45) is 5.92 Å². The molecule has 5 nitrogen and oxygen atoms in total. The van der Waals surface area contributed by atoms with E-state index in [2.05, 4.69) is 10.9 Å². The van der Waals surface area contributed by atoms with Crippen LogP contribution in [0.5, 0.6) is 11.5 Å².